The first-order valence-corrected chi connectivity index (χ1v) is 5.80. The van der Waals surface area contributed by atoms with Crippen molar-refractivity contribution in [3.63, 3.8) is 0 Å². The highest BCUT2D eigenvalue weighted by atomic mass is 16.5. The van der Waals surface area contributed by atoms with Gasteiger partial charge in [0, 0.05) is 17.5 Å². The molecule has 2 N–H and O–H groups in total. The first-order valence-electron chi connectivity index (χ1n) is 5.80. The third-order valence-electron chi connectivity index (χ3n) is 2.82. The first-order chi connectivity index (χ1) is 8.86. The summed E-state index contributed by atoms with van der Waals surface area (Å²) in [7, 11) is 0. The zero-order valence-corrected chi connectivity index (χ0v) is 9.80. The molecule has 3 heteroatoms. The first kappa shape index (κ1) is 10.9. The van der Waals surface area contributed by atoms with E-state index in [1.165, 1.54) is 0 Å². The summed E-state index contributed by atoms with van der Waals surface area (Å²) >= 11 is 0. The lowest BCUT2D eigenvalue weighted by atomic mass is 10.1. The monoisotopic (exact) mass is 239 g/mol. The zero-order chi connectivity index (χ0) is 12.4. The maximum atomic E-state index is 5.77. The molecule has 0 aliphatic rings. The predicted octanol–water partition coefficient (Wildman–Crippen LogP) is 3.68. The van der Waals surface area contributed by atoms with Crippen LogP contribution in [0.5, 0.6) is 11.5 Å². The molecule has 90 valence electrons. The van der Waals surface area contributed by atoms with Gasteiger partial charge in [-0.3, -0.25) is 0 Å². The van der Waals surface area contributed by atoms with Gasteiger partial charge in [-0.05, 0) is 30.3 Å². The molecule has 0 fully saturated rings. The Hall–Kier alpha value is -2.26. The predicted molar refractivity (Wildman–Crippen MR) is 70.6 cm³/mol. The number of ether oxygens (including phenoxy) is 1. The molecular weight excluding hydrogens is 226 g/mol. The molecule has 0 radical (unpaired) electrons. The van der Waals surface area contributed by atoms with E-state index in [1.54, 1.807) is 6.26 Å². The summed E-state index contributed by atoms with van der Waals surface area (Å²) in [6.45, 7) is 0.460. The molecule has 0 atom stereocenters. The van der Waals surface area contributed by atoms with Crippen molar-refractivity contribution in [1.29, 1.82) is 0 Å². The fraction of sp³-hybridized carbons (Fsp3) is 0.0667. The number of para-hydroxylation sites is 1. The lowest BCUT2D eigenvalue weighted by molar-refractivity contribution is 0.483. The molecule has 3 rings (SSSR count). The van der Waals surface area contributed by atoms with Crippen LogP contribution >= 0.6 is 0 Å². The smallest absolute Gasteiger partial charge is 0.134 e. The Labute approximate surface area is 105 Å². The molecule has 0 aliphatic heterocycles. The fourth-order valence-corrected chi connectivity index (χ4v) is 1.91. The van der Waals surface area contributed by atoms with Gasteiger partial charge < -0.3 is 14.9 Å². The molecule has 1 heterocycles. The Morgan fingerprint density at radius 2 is 1.83 bits per heavy atom. The van der Waals surface area contributed by atoms with Crippen LogP contribution in [-0.2, 0) is 6.54 Å². The average molecular weight is 239 g/mol. The van der Waals surface area contributed by atoms with Gasteiger partial charge in [-0.25, -0.2) is 0 Å². The van der Waals surface area contributed by atoms with Crippen molar-refractivity contribution >= 4 is 11.0 Å². The SMILES string of the molecule is NCc1coc2ccc(Oc3ccccc3)cc12. The minimum atomic E-state index is 0.460. The van der Waals surface area contributed by atoms with E-state index in [-0.39, 0.29) is 0 Å². The third kappa shape index (κ3) is 1.96. The number of hydrogen-bond acceptors (Lipinski definition) is 3. The van der Waals surface area contributed by atoms with E-state index in [4.69, 9.17) is 14.9 Å². The van der Waals surface area contributed by atoms with Crippen LogP contribution in [0.2, 0.25) is 0 Å². The molecule has 0 spiro atoms. The second-order valence-electron chi connectivity index (χ2n) is 4.04. The van der Waals surface area contributed by atoms with Gasteiger partial charge in [0.15, 0.2) is 0 Å². The molecule has 0 bridgehead atoms. The highest BCUT2D eigenvalue weighted by Gasteiger charge is 2.06. The van der Waals surface area contributed by atoms with Crippen LogP contribution in [-0.4, -0.2) is 0 Å². The molecule has 2 aromatic carbocycles. The van der Waals surface area contributed by atoms with Crippen molar-refractivity contribution in [2.45, 2.75) is 6.54 Å². The highest BCUT2D eigenvalue weighted by Crippen LogP contribution is 2.28. The molecule has 0 saturated carbocycles. The maximum absolute atomic E-state index is 5.77. The van der Waals surface area contributed by atoms with Crippen LogP contribution in [0.1, 0.15) is 5.56 Å². The van der Waals surface area contributed by atoms with E-state index in [0.29, 0.717) is 6.54 Å². The zero-order valence-electron chi connectivity index (χ0n) is 9.80. The summed E-state index contributed by atoms with van der Waals surface area (Å²) in [5.74, 6) is 1.60. The topological polar surface area (TPSA) is 48.4 Å². The Balaban J connectivity index is 1.97. The molecular formula is C15H13NO2. The van der Waals surface area contributed by atoms with Gasteiger partial charge in [-0.2, -0.15) is 0 Å². The molecule has 0 aliphatic carbocycles. The fourth-order valence-electron chi connectivity index (χ4n) is 1.91. The normalized spacial score (nSPS) is 10.7. The number of fused-ring (bicyclic) bond motifs is 1. The van der Waals surface area contributed by atoms with E-state index in [0.717, 1.165) is 28.0 Å². The van der Waals surface area contributed by atoms with E-state index in [2.05, 4.69) is 0 Å². The van der Waals surface area contributed by atoms with Crippen LogP contribution < -0.4 is 10.5 Å². The van der Waals surface area contributed by atoms with Gasteiger partial charge in [-0.1, -0.05) is 18.2 Å². The summed E-state index contributed by atoms with van der Waals surface area (Å²) < 4.78 is 11.2. The number of rotatable bonds is 3. The van der Waals surface area contributed by atoms with Crippen LogP contribution in [0.25, 0.3) is 11.0 Å². The molecule has 3 aromatic rings. The summed E-state index contributed by atoms with van der Waals surface area (Å²) in [4.78, 5) is 0. The lowest BCUT2D eigenvalue weighted by Crippen LogP contribution is -1.94. The van der Waals surface area contributed by atoms with Gasteiger partial charge in [-0.15, -0.1) is 0 Å². The second-order valence-corrected chi connectivity index (χ2v) is 4.04. The molecule has 1 aromatic heterocycles. The summed E-state index contributed by atoms with van der Waals surface area (Å²) in [6, 6.07) is 15.4. The average Bonchev–Trinajstić information content (AvgIpc) is 2.82. The van der Waals surface area contributed by atoms with E-state index in [9.17, 15) is 0 Å². The molecule has 18 heavy (non-hydrogen) atoms. The molecule has 3 nitrogen and oxygen atoms in total. The van der Waals surface area contributed by atoms with Crippen molar-refractivity contribution in [3.8, 4) is 11.5 Å². The summed E-state index contributed by atoms with van der Waals surface area (Å²) in [5, 5.41) is 1.01. The second kappa shape index (κ2) is 4.55. The van der Waals surface area contributed by atoms with Crippen molar-refractivity contribution < 1.29 is 9.15 Å². The van der Waals surface area contributed by atoms with Gasteiger partial charge in [0.1, 0.15) is 17.1 Å². The summed E-state index contributed by atoms with van der Waals surface area (Å²) in [6.07, 6.45) is 1.69. The number of nitrogens with two attached hydrogens (primary N) is 1. The standard InChI is InChI=1S/C15H13NO2/c16-9-11-10-17-15-7-6-13(8-14(11)15)18-12-4-2-1-3-5-12/h1-8,10H,9,16H2. The number of benzene rings is 2. The van der Waals surface area contributed by atoms with Crippen molar-refractivity contribution in [1.82, 2.24) is 0 Å². The van der Waals surface area contributed by atoms with Crippen LogP contribution in [0.3, 0.4) is 0 Å². The van der Waals surface area contributed by atoms with E-state index in [1.807, 2.05) is 48.5 Å². The Kier molecular flexibility index (Phi) is 2.74. The van der Waals surface area contributed by atoms with Gasteiger partial charge >= 0.3 is 0 Å². The number of furan rings is 1. The van der Waals surface area contributed by atoms with Crippen molar-refractivity contribution in [2.24, 2.45) is 5.73 Å². The van der Waals surface area contributed by atoms with Crippen molar-refractivity contribution in [3.05, 3.63) is 60.4 Å². The minimum absolute atomic E-state index is 0.460. The summed E-state index contributed by atoms with van der Waals surface area (Å²) in [5.41, 5.74) is 7.48. The quantitative estimate of drug-likeness (QED) is 0.758. The molecule has 0 saturated heterocycles. The highest BCUT2D eigenvalue weighted by molar-refractivity contribution is 5.82. The van der Waals surface area contributed by atoms with E-state index >= 15 is 0 Å². The maximum Gasteiger partial charge on any atom is 0.134 e. The largest absolute Gasteiger partial charge is 0.464 e. The third-order valence-corrected chi connectivity index (χ3v) is 2.82. The van der Waals surface area contributed by atoms with Crippen LogP contribution in [0.4, 0.5) is 0 Å². The van der Waals surface area contributed by atoms with Gasteiger partial charge in [0.2, 0.25) is 0 Å². The van der Waals surface area contributed by atoms with Crippen LogP contribution in [0, 0.1) is 0 Å². The van der Waals surface area contributed by atoms with Crippen molar-refractivity contribution in [2.75, 3.05) is 0 Å². The van der Waals surface area contributed by atoms with Gasteiger partial charge in [0.25, 0.3) is 0 Å². The minimum Gasteiger partial charge on any atom is -0.464 e. The number of hydrogen-bond donors (Lipinski definition) is 1. The van der Waals surface area contributed by atoms with Gasteiger partial charge in [0.05, 0.1) is 6.26 Å². The molecule has 0 unspecified atom stereocenters. The molecule has 0 amide bonds. The Morgan fingerprint density at radius 3 is 2.61 bits per heavy atom. The Morgan fingerprint density at radius 1 is 1.00 bits per heavy atom. The van der Waals surface area contributed by atoms with E-state index < -0.39 is 0 Å². The Bertz CT molecular complexity index is 659. The lowest BCUT2D eigenvalue weighted by Gasteiger charge is -2.05. The van der Waals surface area contributed by atoms with Crippen LogP contribution in [0.15, 0.2) is 59.2 Å².